The van der Waals surface area contributed by atoms with Crippen LogP contribution in [-0.4, -0.2) is 30.4 Å². The van der Waals surface area contributed by atoms with E-state index in [1.165, 1.54) is 6.07 Å². The van der Waals surface area contributed by atoms with Gasteiger partial charge in [-0.2, -0.15) is 8.78 Å². The molecule has 3 N–H and O–H groups in total. The minimum absolute atomic E-state index is 0.0295. The molecule has 0 radical (unpaired) electrons. The number of hydrogen-bond donors (Lipinski definition) is 3. The third kappa shape index (κ3) is 4.30. The molecule has 1 aliphatic rings. The van der Waals surface area contributed by atoms with Gasteiger partial charge in [-0.15, -0.1) is 0 Å². The summed E-state index contributed by atoms with van der Waals surface area (Å²) >= 11 is 0. The Morgan fingerprint density at radius 1 is 1.45 bits per heavy atom. The number of hydrogen-bond acceptors (Lipinski definition) is 3. The van der Waals surface area contributed by atoms with Gasteiger partial charge in [0.25, 0.3) is 0 Å². The molecule has 1 saturated carbocycles. The molecule has 122 valence electrons. The van der Waals surface area contributed by atoms with Crippen molar-refractivity contribution in [3.05, 3.63) is 23.8 Å². The molecule has 1 aromatic rings. The standard InChI is InChI=1S/C15H20F2N2O3/c1-9-5-6-11(7-13(9)22-14(16)17)18-15(21)19-12-4-2-3-10(12)8-20/h5-7,10,12,14,20H,2-4,8H2,1H3,(H2,18,19,21)/t10-,12-/m0/s1. The average molecular weight is 314 g/mol. The lowest BCUT2D eigenvalue weighted by Crippen LogP contribution is -2.41. The van der Waals surface area contributed by atoms with Crippen molar-refractivity contribution >= 4 is 11.7 Å². The first-order chi connectivity index (χ1) is 10.5. The molecule has 7 heteroatoms. The highest BCUT2D eigenvalue weighted by Gasteiger charge is 2.27. The first-order valence-electron chi connectivity index (χ1n) is 7.23. The van der Waals surface area contributed by atoms with Gasteiger partial charge in [0.15, 0.2) is 0 Å². The Morgan fingerprint density at radius 2 is 2.23 bits per heavy atom. The maximum atomic E-state index is 12.3. The van der Waals surface area contributed by atoms with E-state index >= 15 is 0 Å². The van der Waals surface area contributed by atoms with Crippen molar-refractivity contribution in [2.45, 2.75) is 38.8 Å². The minimum Gasteiger partial charge on any atom is -0.434 e. The van der Waals surface area contributed by atoms with E-state index < -0.39 is 12.6 Å². The summed E-state index contributed by atoms with van der Waals surface area (Å²) in [6, 6.07) is 4.09. The number of urea groups is 1. The van der Waals surface area contributed by atoms with Crippen LogP contribution < -0.4 is 15.4 Å². The molecule has 2 amide bonds. The van der Waals surface area contributed by atoms with Crippen LogP contribution in [-0.2, 0) is 0 Å². The van der Waals surface area contributed by atoms with Gasteiger partial charge in [0, 0.05) is 30.3 Å². The van der Waals surface area contributed by atoms with E-state index in [9.17, 15) is 18.7 Å². The Hall–Kier alpha value is -1.89. The lowest BCUT2D eigenvalue weighted by Gasteiger charge is -2.19. The molecule has 5 nitrogen and oxygen atoms in total. The van der Waals surface area contributed by atoms with Crippen molar-refractivity contribution in [3.8, 4) is 5.75 Å². The zero-order valence-corrected chi connectivity index (χ0v) is 12.3. The predicted octanol–water partition coefficient (Wildman–Crippen LogP) is 2.88. The first kappa shape index (κ1) is 16.5. The van der Waals surface area contributed by atoms with E-state index in [-0.39, 0.29) is 24.3 Å². The molecule has 0 bridgehead atoms. The number of ether oxygens (including phenoxy) is 1. The van der Waals surface area contributed by atoms with Gasteiger partial charge in [0.1, 0.15) is 5.75 Å². The van der Waals surface area contributed by atoms with Crippen molar-refractivity contribution in [3.63, 3.8) is 0 Å². The zero-order valence-electron chi connectivity index (χ0n) is 12.3. The van der Waals surface area contributed by atoms with Gasteiger partial charge >= 0.3 is 12.6 Å². The number of benzene rings is 1. The summed E-state index contributed by atoms with van der Waals surface area (Å²) in [5.41, 5.74) is 0.930. The molecule has 0 aromatic heterocycles. The van der Waals surface area contributed by atoms with Crippen LogP contribution in [0.15, 0.2) is 18.2 Å². The van der Waals surface area contributed by atoms with E-state index in [4.69, 9.17) is 0 Å². The van der Waals surface area contributed by atoms with Gasteiger partial charge in [-0.1, -0.05) is 12.5 Å². The van der Waals surface area contributed by atoms with Crippen LogP contribution in [0, 0.1) is 12.8 Å². The Morgan fingerprint density at radius 3 is 2.91 bits per heavy atom. The summed E-state index contributed by atoms with van der Waals surface area (Å²) in [4.78, 5) is 12.0. The van der Waals surface area contributed by atoms with Crippen LogP contribution in [0.2, 0.25) is 0 Å². The summed E-state index contributed by atoms with van der Waals surface area (Å²) in [7, 11) is 0. The van der Waals surface area contributed by atoms with Crippen LogP contribution in [0.1, 0.15) is 24.8 Å². The molecule has 1 fully saturated rings. The number of halogens is 2. The largest absolute Gasteiger partial charge is 0.434 e. The van der Waals surface area contributed by atoms with Crippen molar-refractivity contribution in [2.75, 3.05) is 11.9 Å². The molecular formula is C15H20F2N2O3. The van der Waals surface area contributed by atoms with E-state index in [0.717, 1.165) is 19.3 Å². The van der Waals surface area contributed by atoms with Crippen LogP contribution in [0.5, 0.6) is 5.75 Å². The van der Waals surface area contributed by atoms with Crippen LogP contribution in [0.3, 0.4) is 0 Å². The van der Waals surface area contributed by atoms with Gasteiger partial charge in [-0.3, -0.25) is 0 Å². The number of anilines is 1. The Kier molecular flexibility index (Phi) is 5.54. The predicted molar refractivity (Wildman–Crippen MR) is 78.2 cm³/mol. The van der Waals surface area contributed by atoms with Gasteiger partial charge in [0.2, 0.25) is 0 Å². The Labute approximate surface area is 127 Å². The number of nitrogens with one attached hydrogen (secondary N) is 2. The molecule has 1 aromatic carbocycles. The Balaban J connectivity index is 1.96. The second-order valence-electron chi connectivity index (χ2n) is 5.44. The smallest absolute Gasteiger partial charge is 0.387 e. The van der Waals surface area contributed by atoms with Crippen LogP contribution in [0.25, 0.3) is 0 Å². The van der Waals surface area contributed by atoms with Gasteiger partial charge < -0.3 is 20.5 Å². The fourth-order valence-electron chi connectivity index (χ4n) is 2.68. The van der Waals surface area contributed by atoms with Crippen molar-refractivity contribution in [2.24, 2.45) is 5.92 Å². The fourth-order valence-corrected chi connectivity index (χ4v) is 2.68. The minimum atomic E-state index is -2.91. The molecule has 1 aliphatic carbocycles. The third-order valence-corrected chi connectivity index (χ3v) is 3.87. The summed E-state index contributed by atoms with van der Waals surface area (Å²) < 4.78 is 29.0. The maximum absolute atomic E-state index is 12.3. The van der Waals surface area contributed by atoms with Crippen molar-refractivity contribution < 1.29 is 23.4 Å². The van der Waals surface area contributed by atoms with Crippen molar-refractivity contribution in [1.29, 1.82) is 0 Å². The molecule has 0 spiro atoms. The topological polar surface area (TPSA) is 70.6 Å². The zero-order chi connectivity index (χ0) is 16.1. The summed E-state index contributed by atoms with van der Waals surface area (Å²) in [5, 5.41) is 14.6. The van der Waals surface area contributed by atoms with Crippen molar-refractivity contribution in [1.82, 2.24) is 5.32 Å². The lowest BCUT2D eigenvalue weighted by molar-refractivity contribution is -0.0502. The quantitative estimate of drug-likeness (QED) is 0.782. The second-order valence-corrected chi connectivity index (χ2v) is 5.44. The number of carbonyl (C=O) groups excluding carboxylic acids is 1. The fraction of sp³-hybridized carbons (Fsp3) is 0.533. The number of aliphatic hydroxyl groups is 1. The van der Waals surface area contributed by atoms with E-state index in [1.807, 2.05) is 0 Å². The van der Waals surface area contributed by atoms with Gasteiger partial charge in [-0.05, 0) is 31.4 Å². The molecule has 0 heterocycles. The first-order valence-corrected chi connectivity index (χ1v) is 7.23. The highest BCUT2D eigenvalue weighted by Crippen LogP contribution is 2.26. The highest BCUT2D eigenvalue weighted by molar-refractivity contribution is 5.89. The number of aliphatic hydroxyl groups excluding tert-OH is 1. The molecular weight excluding hydrogens is 294 g/mol. The van der Waals surface area contributed by atoms with E-state index in [2.05, 4.69) is 15.4 Å². The molecule has 22 heavy (non-hydrogen) atoms. The monoisotopic (exact) mass is 314 g/mol. The SMILES string of the molecule is Cc1ccc(NC(=O)N[C@H]2CCC[C@H]2CO)cc1OC(F)F. The summed E-state index contributed by atoms with van der Waals surface area (Å²) in [6.45, 7) is -1.22. The maximum Gasteiger partial charge on any atom is 0.387 e. The molecule has 0 aliphatic heterocycles. The Bertz CT molecular complexity index is 526. The number of amides is 2. The summed E-state index contributed by atoms with van der Waals surface area (Å²) in [5.74, 6) is 0.100. The lowest BCUT2D eigenvalue weighted by atomic mass is 10.1. The normalized spacial score (nSPS) is 21.0. The average Bonchev–Trinajstić information content (AvgIpc) is 2.89. The van der Waals surface area contributed by atoms with E-state index in [1.54, 1.807) is 19.1 Å². The second kappa shape index (κ2) is 7.40. The molecule has 2 atom stereocenters. The van der Waals surface area contributed by atoms with Gasteiger partial charge in [-0.25, -0.2) is 4.79 Å². The number of alkyl halides is 2. The molecule has 2 rings (SSSR count). The number of carbonyl (C=O) groups is 1. The highest BCUT2D eigenvalue weighted by atomic mass is 19.3. The molecule has 0 saturated heterocycles. The number of rotatable bonds is 5. The molecule has 0 unspecified atom stereocenters. The summed E-state index contributed by atoms with van der Waals surface area (Å²) in [6.07, 6.45) is 2.68. The van der Waals surface area contributed by atoms with Gasteiger partial charge in [0.05, 0.1) is 0 Å². The number of aryl methyl sites for hydroxylation is 1. The van der Waals surface area contributed by atoms with Crippen LogP contribution in [0.4, 0.5) is 19.3 Å². The van der Waals surface area contributed by atoms with E-state index in [0.29, 0.717) is 11.3 Å². The third-order valence-electron chi connectivity index (χ3n) is 3.87. The van der Waals surface area contributed by atoms with Crippen LogP contribution >= 0.6 is 0 Å².